The first-order chi connectivity index (χ1) is 30.1. The summed E-state index contributed by atoms with van der Waals surface area (Å²) < 4.78 is 17.3. The van der Waals surface area contributed by atoms with Gasteiger partial charge in [-0.25, -0.2) is 4.79 Å². The van der Waals surface area contributed by atoms with Crippen LogP contribution in [-0.2, 0) is 28.6 Å². The highest BCUT2D eigenvalue weighted by Crippen LogP contribution is 2.15. The summed E-state index contributed by atoms with van der Waals surface area (Å²) in [6, 6.07) is -0.621. The predicted molar refractivity (Wildman–Crippen MR) is 261 cm³/mol. The molecular formula is C54H96NO7+. The van der Waals surface area contributed by atoms with E-state index in [0.29, 0.717) is 19.3 Å². The van der Waals surface area contributed by atoms with E-state index in [1.54, 1.807) is 0 Å². The summed E-state index contributed by atoms with van der Waals surface area (Å²) >= 11 is 0. The van der Waals surface area contributed by atoms with Gasteiger partial charge in [-0.1, -0.05) is 190 Å². The summed E-state index contributed by atoms with van der Waals surface area (Å²) in [5, 5.41) is 9.64. The van der Waals surface area contributed by atoms with Gasteiger partial charge in [-0.3, -0.25) is 9.59 Å². The largest absolute Gasteiger partial charge is 0.477 e. The van der Waals surface area contributed by atoms with Crippen molar-refractivity contribution in [2.24, 2.45) is 0 Å². The van der Waals surface area contributed by atoms with Crippen LogP contribution in [0.4, 0.5) is 0 Å². The van der Waals surface area contributed by atoms with Gasteiger partial charge in [0.15, 0.2) is 12.1 Å². The Hall–Kier alpha value is -2.97. The van der Waals surface area contributed by atoms with Crippen LogP contribution in [0.3, 0.4) is 0 Å². The van der Waals surface area contributed by atoms with Gasteiger partial charge >= 0.3 is 17.9 Å². The zero-order valence-electron chi connectivity index (χ0n) is 40.8. The fourth-order valence-corrected chi connectivity index (χ4v) is 7.30. The van der Waals surface area contributed by atoms with E-state index < -0.39 is 18.1 Å². The standard InChI is InChI=1S/C54H95NO7/c1-6-8-10-12-14-16-18-20-22-23-24-25-26-27-28-29-31-32-34-36-38-40-42-44-52(56)61-49-50(48-60-47-46-51(54(58)59)55(3,4)5)62-53(57)45-43-41-39-37-35-33-30-21-19-17-15-13-11-9-7-2/h9,11,13,15,17,19,24-25,27-28,50-51H,6-8,10,12,14,16,18,20-23,26,29-49H2,1-5H3/p+1/b11-9+,15-13+,19-17+,25-24+,28-27+. The van der Waals surface area contributed by atoms with Gasteiger partial charge in [-0.05, 0) is 64.2 Å². The van der Waals surface area contributed by atoms with Crippen LogP contribution in [0.25, 0.3) is 0 Å². The number of quaternary nitrogens is 1. The van der Waals surface area contributed by atoms with Crippen LogP contribution < -0.4 is 0 Å². The number of likely N-dealkylation sites (N-methyl/N-ethyl adjacent to an activating group) is 1. The number of unbranched alkanes of at least 4 members (excludes halogenated alkanes) is 23. The number of ether oxygens (including phenoxy) is 3. The Bertz CT molecular complexity index is 1200. The molecule has 0 fully saturated rings. The van der Waals surface area contributed by atoms with Crippen molar-refractivity contribution in [3.8, 4) is 0 Å². The van der Waals surface area contributed by atoms with Crippen molar-refractivity contribution in [2.45, 2.75) is 225 Å². The number of allylic oxidation sites excluding steroid dienone is 10. The molecule has 0 saturated carbocycles. The molecule has 1 N–H and O–H groups in total. The Labute approximate surface area is 381 Å². The van der Waals surface area contributed by atoms with E-state index in [2.05, 4.69) is 74.6 Å². The fraction of sp³-hybridized carbons (Fsp3) is 0.759. The molecule has 0 spiro atoms. The fourth-order valence-electron chi connectivity index (χ4n) is 7.30. The monoisotopic (exact) mass is 871 g/mol. The summed E-state index contributed by atoms with van der Waals surface area (Å²) in [4.78, 5) is 37.1. The predicted octanol–water partition coefficient (Wildman–Crippen LogP) is 14.5. The first-order valence-electron chi connectivity index (χ1n) is 25.4. The van der Waals surface area contributed by atoms with Crippen molar-refractivity contribution < 1.29 is 38.2 Å². The summed E-state index contributed by atoms with van der Waals surface area (Å²) in [6.45, 7) is 4.60. The summed E-state index contributed by atoms with van der Waals surface area (Å²) in [5.41, 5.74) is 0. The molecule has 2 unspecified atom stereocenters. The van der Waals surface area contributed by atoms with Gasteiger partial charge in [0.05, 0.1) is 34.4 Å². The zero-order valence-corrected chi connectivity index (χ0v) is 40.8. The van der Waals surface area contributed by atoms with E-state index in [0.717, 1.165) is 70.6 Å². The molecule has 2 atom stereocenters. The van der Waals surface area contributed by atoms with Crippen LogP contribution in [0.15, 0.2) is 60.8 Å². The molecule has 0 heterocycles. The summed E-state index contributed by atoms with van der Waals surface area (Å²) in [6.07, 6.45) is 55.6. The molecule has 62 heavy (non-hydrogen) atoms. The Balaban J connectivity index is 4.24. The minimum atomic E-state index is -0.879. The summed E-state index contributed by atoms with van der Waals surface area (Å²) in [7, 11) is 5.52. The number of esters is 2. The van der Waals surface area contributed by atoms with E-state index in [9.17, 15) is 19.5 Å². The number of rotatable bonds is 45. The first kappa shape index (κ1) is 59.0. The SMILES string of the molecule is CC/C=C/C=C/C=C/CCCCCCCCCC(=O)OC(COCCC(C(=O)O)[N+](C)(C)C)COC(=O)CCCCCCCCC/C=C/C/C=C/CCCCCCCCCCC. The molecule has 8 nitrogen and oxygen atoms in total. The third-order valence-electron chi connectivity index (χ3n) is 11.2. The Morgan fingerprint density at radius 1 is 0.516 bits per heavy atom. The lowest BCUT2D eigenvalue weighted by Crippen LogP contribution is -2.50. The zero-order chi connectivity index (χ0) is 45.6. The minimum Gasteiger partial charge on any atom is -0.477 e. The van der Waals surface area contributed by atoms with Gasteiger partial charge in [0.25, 0.3) is 0 Å². The highest BCUT2D eigenvalue weighted by Gasteiger charge is 2.31. The number of carboxylic acids is 1. The molecule has 0 rings (SSSR count). The highest BCUT2D eigenvalue weighted by atomic mass is 16.6. The lowest BCUT2D eigenvalue weighted by atomic mass is 10.1. The lowest BCUT2D eigenvalue weighted by Gasteiger charge is -2.31. The minimum absolute atomic E-state index is 0.0517. The second-order valence-electron chi connectivity index (χ2n) is 18.1. The van der Waals surface area contributed by atoms with Crippen molar-refractivity contribution in [3.63, 3.8) is 0 Å². The molecule has 0 aliphatic carbocycles. The molecule has 0 aliphatic rings. The van der Waals surface area contributed by atoms with Crippen LogP contribution >= 0.6 is 0 Å². The molecule has 0 radical (unpaired) electrons. The van der Waals surface area contributed by atoms with E-state index in [4.69, 9.17) is 14.2 Å². The van der Waals surface area contributed by atoms with Gasteiger partial charge < -0.3 is 23.8 Å². The third kappa shape index (κ3) is 42.3. The third-order valence-corrected chi connectivity index (χ3v) is 11.2. The lowest BCUT2D eigenvalue weighted by molar-refractivity contribution is -0.887. The highest BCUT2D eigenvalue weighted by molar-refractivity contribution is 5.72. The smallest absolute Gasteiger partial charge is 0.362 e. The van der Waals surface area contributed by atoms with Crippen LogP contribution in [0.1, 0.15) is 213 Å². The number of carbonyl (C=O) groups is 3. The van der Waals surface area contributed by atoms with Crippen LogP contribution in [0.2, 0.25) is 0 Å². The molecule has 0 aromatic rings. The van der Waals surface area contributed by atoms with E-state index >= 15 is 0 Å². The van der Waals surface area contributed by atoms with Crippen molar-refractivity contribution in [1.29, 1.82) is 0 Å². The molecule has 0 aliphatic heterocycles. The van der Waals surface area contributed by atoms with Crippen molar-refractivity contribution in [3.05, 3.63) is 60.8 Å². The molecular weight excluding hydrogens is 775 g/mol. The van der Waals surface area contributed by atoms with Gasteiger partial charge in [-0.15, -0.1) is 0 Å². The molecule has 0 saturated heterocycles. The maximum Gasteiger partial charge on any atom is 0.362 e. The van der Waals surface area contributed by atoms with Gasteiger partial charge in [-0.2, -0.15) is 0 Å². The van der Waals surface area contributed by atoms with Crippen molar-refractivity contribution in [1.82, 2.24) is 0 Å². The second-order valence-corrected chi connectivity index (χ2v) is 18.1. The molecule has 0 aromatic heterocycles. The average Bonchev–Trinajstić information content (AvgIpc) is 3.23. The van der Waals surface area contributed by atoms with Crippen LogP contribution in [-0.4, -0.2) is 80.6 Å². The number of aliphatic carboxylic acids is 1. The maximum atomic E-state index is 12.8. The Kier molecular flexibility index (Phi) is 42.5. The molecule has 0 bridgehead atoms. The van der Waals surface area contributed by atoms with Crippen molar-refractivity contribution in [2.75, 3.05) is 41.0 Å². The second kappa shape index (κ2) is 44.6. The average molecular weight is 871 g/mol. The van der Waals surface area contributed by atoms with Crippen LogP contribution in [0.5, 0.6) is 0 Å². The molecule has 0 amide bonds. The number of hydrogen-bond acceptors (Lipinski definition) is 6. The summed E-state index contributed by atoms with van der Waals surface area (Å²) in [5.74, 6) is -1.49. The maximum absolute atomic E-state index is 12.8. The van der Waals surface area contributed by atoms with E-state index in [1.807, 2.05) is 21.1 Å². The van der Waals surface area contributed by atoms with E-state index in [1.165, 1.54) is 109 Å². The number of nitrogens with zero attached hydrogens (tertiary/aromatic N) is 1. The van der Waals surface area contributed by atoms with Crippen LogP contribution in [0, 0.1) is 0 Å². The molecule has 0 aromatic carbocycles. The van der Waals surface area contributed by atoms with E-state index in [-0.39, 0.29) is 36.2 Å². The number of hydrogen-bond donors (Lipinski definition) is 1. The van der Waals surface area contributed by atoms with Gasteiger partial charge in [0.2, 0.25) is 0 Å². The number of carbonyl (C=O) groups excluding carboxylic acids is 2. The normalized spacial score (nSPS) is 13.4. The van der Waals surface area contributed by atoms with Gasteiger partial charge in [0.1, 0.15) is 6.61 Å². The van der Waals surface area contributed by atoms with Gasteiger partial charge in [0, 0.05) is 19.3 Å². The molecule has 358 valence electrons. The topological polar surface area (TPSA) is 99.1 Å². The first-order valence-corrected chi connectivity index (χ1v) is 25.4. The Morgan fingerprint density at radius 2 is 0.968 bits per heavy atom. The Morgan fingerprint density at radius 3 is 1.45 bits per heavy atom. The van der Waals surface area contributed by atoms with Crippen molar-refractivity contribution >= 4 is 17.9 Å². The molecule has 8 heteroatoms. The number of carboxylic acid groups (broad SMARTS) is 1. The quantitative estimate of drug-likeness (QED) is 0.0214.